The van der Waals surface area contributed by atoms with Crippen LogP contribution in [0.1, 0.15) is 72.5 Å². The zero-order valence-corrected chi connectivity index (χ0v) is 60.5. The minimum absolute atomic E-state index is 0.00779. The Hall–Kier alpha value is -16.1. The third-order valence-electron chi connectivity index (χ3n) is 15.3. The smallest absolute Gasteiger partial charge is 0.345 e. The average molecular weight is 1640 g/mol. The Morgan fingerprint density at radius 1 is 0.393 bits per heavy atom. The number of aromatic carboxylic acids is 2. The van der Waals surface area contributed by atoms with Crippen LogP contribution in [0.25, 0.3) is 33.2 Å². The molecular formula is C73H55F10N11O23. The van der Waals surface area contributed by atoms with Gasteiger partial charge in [-0.1, -0.05) is 0 Å². The molecule has 0 spiro atoms. The van der Waals surface area contributed by atoms with Crippen molar-refractivity contribution in [3.63, 3.8) is 0 Å². The molecule has 11 rings (SSSR count). The van der Waals surface area contributed by atoms with Gasteiger partial charge in [-0.3, -0.25) is 29.8 Å². The molecular weight excluding hydrogens is 1590 g/mol. The second kappa shape index (κ2) is 39.7. The summed E-state index contributed by atoms with van der Waals surface area (Å²) in [6.45, 7) is 0. The summed E-state index contributed by atoms with van der Waals surface area (Å²) in [7, 11) is 8.72. The summed E-state index contributed by atoms with van der Waals surface area (Å²) in [5, 5.41) is 48.0. The average Bonchev–Trinajstić information content (AvgIpc) is 0.770. The van der Waals surface area contributed by atoms with Gasteiger partial charge in [-0.2, -0.15) is 0 Å². The Bertz CT molecular complexity index is 5970. The number of amides is 2. The summed E-state index contributed by atoms with van der Waals surface area (Å²) in [6, 6.07) is 24.7. The highest BCUT2D eigenvalue weighted by Gasteiger charge is 2.27. The van der Waals surface area contributed by atoms with E-state index in [1.165, 1.54) is 113 Å². The molecule has 0 aliphatic carbocycles. The predicted octanol–water partition coefficient (Wildman–Crippen LogP) is 11.0. The third-order valence-corrected chi connectivity index (χ3v) is 15.3. The number of carbonyl (C=O) groups is 8. The van der Waals surface area contributed by atoms with Crippen molar-refractivity contribution < 1.29 is 126 Å². The van der Waals surface area contributed by atoms with Crippen molar-refractivity contribution in [2.75, 3.05) is 76.6 Å². The molecule has 0 aliphatic heterocycles. The maximum atomic E-state index is 14.0. The van der Waals surface area contributed by atoms with Crippen LogP contribution in [0.3, 0.4) is 0 Å². The lowest BCUT2D eigenvalue weighted by Gasteiger charge is -2.12. The number of carbonyl (C=O) groups excluding carboxylic acids is 6. The van der Waals surface area contributed by atoms with Gasteiger partial charge in [0, 0.05) is 37.6 Å². The summed E-state index contributed by atoms with van der Waals surface area (Å²) >= 11 is 0. The van der Waals surface area contributed by atoms with Gasteiger partial charge in [0.2, 0.25) is 0 Å². The van der Waals surface area contributed by atoms with E-state index in [1.807, 2.05) is 0 Å². The largest absolute Gasteiger partial charge is 0.478 e. The van der Waals surface area contributed by atoms with Gasteiger partial charge < -0.3 is 70.9 Å². The maximum Gasteiger partial charge on any atom is 0.345 e. The van der Waals surface area contributed by atoms with Gasteiger partial charge in [-0.25, -0.2) is 101 Å². The number of rotatable bonds is 15. The normalized spacial score (nSPS) is 10.2. The highest BCUT2D eigenvalue weighted by molar-refractivity contribution is 6.05. The lowest BCUT2D eigenvalue weighted by Crippen LogP contribution is -2.33. The van der Waals surface area contributed by atoms with Gasteiger partial charge >= 0.3 is 59.2 Å². The van der Waals surface area contributed by atoms with E-state index < -0.39 is 161 Å². The van der Waals surface area contributed by atoms with E-state index in [-0.39, 0.29) is 95.9 Å². The van der Waals surface area contributed by atoms with Crippen LogP contribution in [0.15, 0.2) is 165 Å². The number of benzene rings is 9. The highest BCUT2D eigenvalue weighted by atomic mass is 19.2. The fourth-order valence-electron chi connectivity index (χ4n) is 9.63. The number of ether oxygens (including phenoxy) is 5. The van der Waals surface area contributed by atoms with Crippen molar-refractivity contribution in [3.8, 4) is 11.4 Å². The second-order valence-electron chi connectivity index (χ2n) is 22.5. The number of H-pyrrole nitrogens is 2. The van der Waals surface area contributed by atoms with Gasteiger partial charge in [-0.15, -0.1) is 0 Å². The number of nitro benzene ring substituents is 2. The van der Waals surface area contributed by atoms with Crippen molar-refractivity contribution in [2.45, 2.75) is 0 Å². The van der Waals surface area contributed by atoms with Crippen molar-refractivity contribution in [1.82, 2.24) is 19.1 Å². The Morgan fingerprint density at radius 2 is 0.726 bits per heavy atom. The minimum atomic E-state index is -1.68. The Kier molecular flexibility index (Phi) is 30.5. The van der Waals surface area contributed by atoms with Gasteiger partial charge in [0.15, 0.2) is 46.5 Å². The zero-order chi connectivity index (χ0) is 87.3. The van der Waals surface area contributed by atoms with Crippen LogP contribution in [0.2, 0.25) is 0 Å². The number of nitrogens with zero attached hydrogens (tertiary/aromatic N) is 4. The molecule has 44 heteroatoms. The number of carboxylic acid groups (broad SMARTS) is 2. The van der Waals surface area contributed by atoms with Crippen molar-refractivity contribution >= 4 is 109 Å². The van der Waals surface area contributed by atoms with E-state index in [9.17, 15) is 122 Å². The first kappa shape index (κ1) is 89.8. The fourth-order valence-corrected chi connectivity index (χ4v) is 9.63. The Balaban J connectivity index is 0.000000223. The van der Waals surface area contributed by atoms with Crippen molar-refractivity contribution in [1.29, 1.82) is 0 Å². The number of nitrogens with two attached hydrogens (primary N) is 1. The van der Waals surface area contributed by atoms with E-state index in [2.05, 4.69) is 54.9 Å². The Labute approximate surface area is 645 Å². The van der Waals surface area contributed by atoms with Crippen molar-refractivity contribution in [2.24, 2.45) is 0 Å². The maximum absolute atomic E-state index is 14.0. The van der Waals surface area contributed by atoms with Crippen LogP contribution in [0.5, 0.6) is 0 Å². The molecule has 11 aromatic rings. The molecule has 0 unspecified atom stereocenters. The van der Waals surface area contributed by atoms with Crippen LogP contribution in [0, 0.1) is 78.4 Å². The van der Waals surface area contributed by atoms with E-state index in [1.54, 1.807) is 0 Å². The first-order chi connectivity index (χ1) is 55.2. The standard InChI is InChI=1S/C17H14F2N2O5.C17H14FN3O4.C16H12FN3O4.C8H5F2NO4.C8H7F2NO2.C7H3F2NO4/c1-25-15(22)9-3-5-10(6-4-9)20-17(24)21-14-8-13(19)12(18)7-11(14)16(23)26-2;1-19-14-8-13-11(7-12(14)18)15(22)21(17(24)20-13)10-5-3-9(4-6-10)16(23)25-2;1-18-13-7-12-10(6-11(13)17)14(21)20(16(24)19-12)9-4-2-8(3-5-9)15(22)23;1-15-8(12)4-2-5(9)6(10)3-7(4)11(13)14;1-13-8(12)4-2-5(9)6(10)3-7(4)11;8-4-1-3(7(11)12)6(10(13)14)2-5(4)9/h3-8H,1-2H3,(H2,20,21,24);3-8,19H,1-2H3,(H,20,24);2-7,18H,1H3,(H,19,24)(H,22,23);2-3H,1H3;2-3H,11H2,1H3;1-2H,(H,11,12). The van der Waals surface area contributed by atoms with E-state index in [0.29, 0.717) is 36.0 Å². The summed E-state index contributed by atoms with van der Waals surface area (Å²) in [5.74, 6) is -18.3. The number of methoxy groups -OCH3 is 5. The number of urea groups is 1. The van der Waals surface area contributed by atoms with Gasteiger partial charge in [-0.05, 0) is 121 Å². The van der Waals surface area contributed by atoms with Crippen LogP contribution >= 0.6 is 0 Å². The molecule has 2 aromatic heterocycles. The van der Waals surface area contributed by atoms with Crippen LogP contribution in [-0.4, -0.2) is 137 Å². The molecule has 0 saturated heterocycles. The van der Waals surface area contributed by atoms with E-state index in [4.69, 9.17) is 15.9 Å². The third kappa shape index (κ3) is 22.2. The first-order valence-electron chi connectivity index (χ1n) is 31.8. The molecule has 0 atom stereocenters. The number of hydrogen-bond donors (Lipinski definition) is 9. The highest BCUT2D eigenvalue weighted by Crippen LogP contribution is 2.27. The predicted molar refractivity (Wildman–Crippen MR) is 392 cm³/mol. The molecule has 0 saturated carbocycles. The molecule has 2 amide bonds. The molecule has 9 aromatic carbocycles. The summed E-state index contributed by atoms with van der Waals surface area (Å²) in [4.78, 5) is 163. The first-order valence-corrected chi connectivity index (χ1v) is 31.8. The van der Waals surface area contributed by atoms with Crippen molar-refractivity contribution in [3.05, 3.63) is 305 Å². The SMILES string of the molecule is CNc1cc2[nH]c(=O)n(-c3ccc(C(=O)O)cc3)c(=O)c2cc1F.CNc1cc2[nH]c(=O)n(-c3ccc(C(=O)OC)cc3)c(=O)c2cc1F.COC(=O)c1cc(F)c(F)cc1N.COC(=O)c1cc(F)c(F)cc1[N+](=O)[O-].COC(=O)c1ccc(NC(=O)Nc2cc(F)c(F)cc2C(=O)OC)cc1.O=C(O)c1cc(F)c(F)cc1[N+](=O)[O-]. The van der Waals surface area contributed by atoms with E-state index in [0.717, 1.165) is 48.7 Å². The van der Waals surface area contributed by atoms with Crippen LogP contribution < -0.4 is 49.5 Å². The zero-order valence-electron chi connectivity index (χ0n) is 60.5. The number of nitrogen functional groups attached to an aromatic ring is 1. The topological polar surface area (TPSA) is 493 Å². The quantitative estimate of drug-likeness (QED) is 0.0115. The molecule has 0 radical (unpaired) electrons. The summed E-state index contributed by atoms with van der Waals surface area (Å²) in [6.07, 6.45) is 0. The molecule has 117 heavy (non-hydrogen) atoms. The number of carboxylic acids is 2. The fraction of sp³-hybridized carbons (Fsp3) is 0.0959. The number of anilines is 5. The van der Waals surface area contributed by atoms with E-state index >= 15 is 0 Å². The number of hydrogen-bond acceptors (Lipinski definition) is 24. The number of aromatic nitrogens is 4. The summed E-state index contributed by atoms with van der Waals surface area (Å²) < 4.78 is 154. The Morgan fingerprint density at radius 3 is 1.11 bits per heavy atom. The molecule has 0 aliphatic rings. The number of nitrogens with one attached hydrogen (secondary N) is 6. The number of halogens is 10. The molecule has 34 nitrogen and oxygen atoms in total. The van der Waals surface area contributed by atoms with Gasteiger partial charge in [0.25, 0.3) is 22.5 Å². The minimum Gasteiger partial charge on any atom is -0.478 e. The number of aromatic amines is 2. The molecule has 0 bridgehead atoms. The lowest BCUT2D eigenvalue weighted by molar-refractivity contribution is -0.385. The van der Waals surface area contributed by atoms with Crippen LogP contribution in [-0.2, 0) is 23.7 Å². The van der Waals surface area contributed by atoms with Gasteiger partial charge in [0.1, 0.15) is 22.8 Å². The molecule has 2 heterocycles. The molecule has 10 N–H and O–H groups in total. The molecule has 0 fully saturated rings. The summed E-state index contributed by atoms with van der Waals surface area (Å²) in [5.41, 5.74) is 0.369. The van der Waals surface area contributed by atoms with Gasteiger partial charge in [0.05, 0.1) is 136 Å². The monoisotopic (exact) mass is 1640 g/mol. The number of fused-ring (bicyclic) bond motifs is 2. The second-order valence-corrected chi connectivity index (χ2v) is 22.5. The number of esters is 5. The lowest BCUT2D eigenvalue weighted by atomic mass is 10.1. The molecule has 610 valence electrons. The van der Waals surface area contributed by atoms with Crippen LogP contribution in [0.4, 0.5) is 88.5 Å². The number of nitro groups is 2.